The van der Waals surface area contributed by atoms with E-state index in [-0.39, 0.29) is 11.8 Å². The second-order valence-electron chi connectivity index (χ2n) is 2.33. The Balaban J connectivity index is 4.33. The van der Waals surface area contributed by atoms with Crippen molar-refractivity contribution in [2.45, 2.75) is 19.9 Å². The number of likely N-dealkylation sites (N-methyl/N-ethyl adjacent to an activating group) is 1. The molecule has 1 N–H and O–H groups in total. The van der Waals surface area contributed by atoms with Gasteiger partial charge in [-0.15, -0.1) is 11.6 Å². The Morgan fingerprint density at radius 2 is 2.08 bits per heavy atom. The van der Waals surface area contributed by atoms with E-state index >= 15 is 0 Å². The maximum absolute atomic E-state index is 11.0. The molecule has 1 atom stereocenters. The van der Waals surface area contributed by atoms with Crippen molar-refractivity contribution in [3.8, 4) is 0 Å². The number of amides is 1. The van der Waals surface area contributed by atoms with Crippen molar-refractivity contribution < 1.29 is 14.7 Å². The van der Waals surface area contributed by atoms with Gasteiger partial charge in [0.1, 0.15) is 11.9 Å². The van der Waals surface area contributed by atoms with Crippen molar-refractivity contribution in [1.29, 1.82) is 0 Å². The molecule has 0 aromatic heterocycles. The molecule has 70 valence electrons. The van der Waals surface area contributed by atoms with E-state index in [0.717, 1.165) is 0 Å². The summed E-state index contributed by atoms with van der Waals surface area (Å²) in [4.78, 5) is 22.7. The molecule has 0 saturated heterocycles. The first-order chi connectivity index (χ1) is 5.54. The predicted octanol–water partition coefficient (Wildman–Crippen LogP) is 0.547. The minimum atomic E-state index is -1.02. The van der Waals surface area contributed by atoms with Gasteiger partial charge in [-0.25, -0.2) is 4.79 Å². The van der Waals surface area contributed by atoms with Crippen LogP contribution in [0.25, 0.3) is 0 Å². The van der Waals surface area contributed by atoms with Crippen LogP contribution in [-0.2, 0) is 9.59 Å². The molecule has 0 aliphatic heterocycles. The predicted molar refractivity (Wildman–Crippen MR) is 45.2 cm³/mol. The summed E-state index contributed by atoms with van der Waals surface area (Å²) >= 11 is 5.29. The van der Waals surface area contributed by atoms with E-state index in [0.29, 0.717) is 6.54 Å². The van der Waals surface area contributed by atoms with Crippen LogP contribution in [0.5, 0.6) is 0 Å². The summed E-state index contributed by atoms with van der Waals surface area (Å²) in [5.41, 5.74) is 0. The van der Waals surface area contributed by atoms with Gasteiger partial charge >= 0.3 is 5.97 Å². The second kappa shape index (κ2) is 4.98. The van der Waals surface area contributed by atoms with Crippen molar-refractivity contribution in [3.63, 3.8) is 0 Å². The molecule has 5 heteroatoms. The quantitative estimate of drug-likeness (QED) is 0.664. The first-order valence-corrected chi connectivity index (χ1v) is 4.16. The third kappa shape index (κ3) is 2.70. The Bertz CT molecular complexity index is 183. The van der Waals surface area contributed by atoms with Crippen LogP contribution in [0.15, 0.2) is 0 Å². The summed E-state index contributed by atoms with van der Waals surface area (Å²) in [7, 11) is 0. The number of alkyl halides is 1. The number of carboxylic acid groups (broad SMARTS) is 1. The lowest BCUT2D eigenvalue weighted by Crippen LogP contribution is -2.43. The van der Waals surface area contributed by atoms with Gasteiger partial charge in [0.2, 0.25) is 5.91 Å². The fourth-order valence-corrected chi connectivity index (χ4v) is 1.03. The average molecular weight is 194 g/mol. The van der Waals surface area contributed by atoms with E-state index in [1.54, 1.807) is 6.92 Å². The van der Waals surface area contributed by atoms with Crippen molar-refractivity contribution in [2.75, 3.05) is 12.4 Å². The van der Waals surface area contributed by atoms with Crippen LogP contribution in [0.1, 0.15) is 13.8 Å². The van der Waals surface area contributed by atoms with Crippen LogP contribution in [0.3, 0.4) is 0 Å². The standard InChI is InChI=1S/C7H12ClNO3/c1-3-9(6(10)4-8)5(2)7(11)12/h5H,3-4H2,1-2H3,(H,11,12). The van der Waals surface area contributed by atoms with Crippen molar-refractivity contribution in [2.24, 2.45) is 0 Å². The largest absolute Gasteiger partial charge is 0.480 e. The number of aliphatic carboxylic acids is 1. The van der Waals surface area contributed by atoms with E-state index in [1.165, 1.54) is 11.8 Å². The molecule has 0 heterocycles. The number of carbonyl (C=O) groups excluding carboxylic acids is 1. The SMILES string of the molecule is CCN(C(=O)CCl)C(C)C(=O)O. The van der Waals surface area contributed by atoms with Gasteiger partial charge in [0.05, 0.1) is 0 Å². The topological polar surface area (TPSA) is 57.6 Å². The zero-order valence-corrected chi connectivity index (χ0v) is 7.84. The number of halogens is 1. The van der Waals surface area contributed by atoms with Crippen molar-refractivity contribution in [1.82, 2.24) is 4.90 Å². The van der Waals surface area contributed by atoms with Crippen molar-refractivity contribution >= 4 is 23.5 Å². The molecule has 12 heavy (non-hydrogen) atoms. The van der Waals surface area contributed by atoms with E-state index in [2.05, 4.69) is 0 Å². The monoisotopic (exact) mass is 193 g/mol. The van der Waals surface area contributed by atoms with Gasteiger partial charge in [-0.3, -0.25) is 4.79 Å². The summed E-state index contributed by atoms with van der Waals surface area (Å²) in [6.07, 6.45) is 0. The van der Waals surface area contributed by atoms with E-state index in [4.69, 9.17) is 16.7 Å². The van der Waals surface area contributed by atoms with Gasteiger partial charge in [-0.1, -0.05) is 0 Å². The highest BCUT2D eigenvalue weighted by atomic mass is 35.5. The van der Waals surface area contributed by atoms with E-state index in [1.807, 2.05) is 0 Å². The maximum Gasteiger partial charge on any atom is 0.326 e. The average Bonchev–Trinajstić information content (AvgIpc) is 2.05. The third-order valence-electron chi connectivity index (χ3n) is 1.60. The Morgan fingerprint density at radius 1 is 1.58 bits per heavy atom. The van der Waals surface area contributed by atoms with Crippen LogP contribution in [0.4, 0.5) is 0 Å². The summed E-state index contributed by atoms with van der Waals surface area (Å²) in [5, 5.41) is 8.59. The fourth-order valence-electron chi connectivity index (χ4n) is 0.876. The number of carboxylic acids is 1. The Morgan fingerprint density at radius 3 is 2.33 bits per heavy atom. The van der Waals surface area contributed by atoms with Crippen molar-refractivity contribution in [3.05, 3.63) is 0 Å². The highest BCUT2D eigenvalue weighted by Gasteiger charge is 2.22. The molecule has 0 aliphatic rings. The van der Waals surface area contributed by atoms with Crippen LogP contribution in [0.2, 0.25) is 0 Å². The van der Waals surface area contributed by atoms with Gasteiger partial charge in [0, 0.05) is 6.54 Å². The van der Waals surface area contributed by atoms with Gasteiger partial charge in [-0.2, -0.15) is 0 Å². The lowest BCUT2D eigenvalue weighted by molar-refractivity contribution is -0.148. The smallest absolute Gasteiger partial charge is 0.326 e. The molecule has 0 aromatic rings. The fraction of sp³-hybridized carbons (Fsp3) is 0.714. The molecule has 1 amide bonds. The lowest BCUT2D eigenvalue weighted by atomic mass is 10.3. The van der Waals surface area contributed by atoms with E-state index < -0.39 is 12.0 Å². The zero-order valence-electron chi connectivity index (χ0n) is 7.08. The Kier molecular flexibility index (Phi) is 4.66. The normalized spacial score (nSPS) is 12.2. The van der Waals surface area contributed by atoms with Gasteiger partial charge in [0.25, 0.3) is 0 Å². The molecular formula is C7H12ClNO3. The second-order valence-corrected chi connectivity index (χ2v) is 2.59. The number of hydrogen-bond acceptors (Lipinski definition) is 2. The molecule has 4 nitrogen and oxygen atoms in total. The first kappa shape index (κ1) is 11.2. The van der Waals surface area contributed by atoms with E-state index in [9.17, 15) is 9.59 Å². The van der Waals surface area contributed by atoms with Crippen LogP contribution >= 0.6 is 11.6 Å². The molecule has 0 rings (SSSR count). The van der Waals surface area contributed by atoms with Crippen LogP contribution < -0.4 is 0 Å². The number of rotatable bonds is 4. The summed E-state index contributed by atoms with van der Waals surface area (Å²) in [5.74, 6) is -1.55. The number of carbonyl (C=O) groups is 2. The molecule has 0 aliphatic carbocycles. The van der Waals surface area contributed by atoms with Gasteiger partial charge in [0.15, 0.2) is 0 Å². The van der Waals surface area contributed by atoms with Crippen LogP contribution in [-0.4, -0.2) is 40.3 Å². The maximum atomic E-state index is 11.0. The Hall–Kier alpha value is -0.770. The molecule has 1 unspecified atom stereocenters. The minimum absolute atomic E-state index is 0.175. The van der Waals surface area contributed by atoms with Gasteiger partial charge < -0.3 is 10.0 Å². The summed E-state index contributed by atoms with van der Waals surface area (Å²) < 4.78 is 0. The Labute approximate surface area is 76.1 Å². The molecular weight excluding hydrogens is 182 g/mol. The van der Waals surface area contributed by atoms with Crippen LogP contribution in [0, 0.1) is 0 Å². The molecule has 0 bridgehead atoms. The molecule has 0 radical (unpaired) electrons. The minimum Gasteiger partial charge on any atom is -0.480 e. The number of nitrogens with zero attached hydrogens (tertiary/aromatic N) is 1. The highest BCUT2D eigenvalue weighted by molar-refractivity contribution is 6.27. The first-order valence-electron chi connectivity index (χ1n) is 3.62. The summed E-state index contributed by atoms with van der Waals surface area (Å²) in [6.45, 7) is 3.53. The summed E-state index contributed by atoms with van der Waals surface area (Å²) in [6, 6.07) is -0.804. The van der Waals surface area contributed by atoms with Gasteiger partial charge in [-0.05, 0) is 13.8 Å². The zero-order chi connectivity index (χ0) is 9.72. The number of hydrogen-bond donors (Lipinski definition) is 1. The lowest BCUT2D eigenvalue weighted by Gasteiger charge is -2.23. The molecule has 0 spiro atoms. The molecule has 0 fully saturated rings. The third-order valence-corrected chi connectivity index (χ3v) is 1.83. The highest BCUT2D eigenvalue weighted by Crippen LogP contribution is 2.00. The molecule has 0 saturated carbocycles. The molecule has 0 aromatic carbocycles.